The minimum absolute atomic E-state index is 0.0332. The molecule has 1 aliphatic heterocycles. The van der Waals surface area contributed by atoms with Gasteiger partial charge in [0.15, 0.2) is 0 Å². The first kappa shape index (κ1) is 21.6. The van der Waals surface area contributed by atoms with Crippen LogP contribution in [0.15, 0.2) is 52.3 Å². The van der Waals surface area contributed by atoms with Crippen molar-refractivity contribution in [1.29, 1.82) is 0 Å². The average Bonchev–Trinajstić information content (AvgIpc) is 2.74. The minimum atomic E-state index is -3.75. The van der Waals surface area contributed by atoms with Gasteiger partial charge in [-0.05, 0) is 37.3 Å². The number of rotatable bonds is 7. The van der Waals surface area contributed by atoms with E-state index in [1.54, 1.807) is 12.1 Å². The van der Waals surface area contributed by atoms with Crippen molar-refractivity contribution in [3.05, 3.63) is 48.0 Å². The minimum Gasteiger partial charge on any atom is -0.495 e. The van der Waals surface area contributed by atoms with Crippen molar-refractivity contribution in [2.24, 2.45) is 0 Å². The third kappa shape index (κ3) is 5.51. The Bertz CT molecular complexity index is 955. The molecule has 1 saturated heterocycles. The van der Waals surface area contributed by atoms with Crippen LogP contribution in [0.3, 0.4) is 0 Å². The highest BCUT2D eigenvalue weighted by Gasteiger charge is 2.29. The Balaban J connectivity index is 1.72. The third-order valence-corrected chi connectivity index (χ3v) is 7.36. The Morgan fingerprint density at radius 2 is 1.86 bits per heavy atom. The maximum Gasteiger partial charge on any atom is 0.246 e. The number of anilines is 1. The van der Waals surface area contributed by atoms with Crippen molar-refractivity contribution in [2.45, 2.75) is 16.7 Å². The quantitative estimate of drug-likeness (QED) is 0.672. The van der Waals surface area contributed by atoms with Gasteiger partial charge in [0.05, 0.1) is 26.1 Å². The van der Waals surface area contributed by atoms with Gasteiger partial charge in [-0.1, -0.05) is 17.7 Å². The van der Waals surface area contributed by atoms with Gasteiger partial charge in [0.1, 0.15) is 10.6 Å². The molecule has 1 heterocycles. The molecular weight excluding hydrogens is 412 g/mol. The van der Waals surface area contributed by atoms with Crippen LogP contribution in [0.2, 0.25) is 0 Å². The summed E-state index contributed by atoms with van der Waals surface area (Å²) in [5.74, 6) is 0.250. The zero-order valence-corrected chi connectivity index (χ0v) is 18.0. The fourth-order valence-electron chi connectivity index (χ4n) is 2.86. The van der Waals surface area contributed by atoms with Crippen LogP contribution in [0.4, 0.5) is 5.69 Å². The van der Waals surface area contributed by atoms with E-state index in [-0.39, 0.29) is 35.4 Å². The summed E-state index contributed by atoms with van der Waals surface area (Å²) in [6, 6.07) is 12.5. The molecule has 9 heteroatoms. The fraction of sp³-hybridized carbons (Fsp3) is 0.350. The number of sulfonamides is 1. The second-order valence-electron chi connectivity index (χ2n) is 6.53. The Morgan fingerprint density at radius 1 is 1.17 bits per heavy atom. The predicted octanol–water partition coefficient (Wildman–Crippen LogP) is 2.76. The van der Waals surface area contributed by atoms with Crippen LogP contribution < -0.4 is 10.1 Å². The first-order chi connectivity index (χ1) is 13.9. The highest BCUT2D eigenvalue weighted by Crippen LogP contribution is 2.30. The van der Waals surface area contributed by atoms with E-state index >= 15 is 0 Å². The van der Waals surface area contributed by atoms with Crippen molar-refractivity contribution in [2.75, 3.05) is 44.5 Å². The van der Waals surface area contributed by atoms with Crippen molar-refractivity contribution in [3.63, 3.8) is 0 Å². The Kier molecular flexibility index (Phi) is 7.18. The summed E-state index contributed by atoms with van der Waals surface area (Å²) in [6.07, 6.45) is 0. The van der Waals surface area contributed by atoms with Crippen LogP contribution in [-0.2, 0) is 19.6 Å². The maximum absolute atomic E-state index is 13.0. The monoisotopic (exact) mass is 436 g/mol. The van der Waals surface area contributed by atoms with Crippen LogP contribution in [0, 0.1) is 6.92 Å². The first-order valence-corrected chi connectivity index (χ1v) is 11.6. The topological polar surface area (TPSA) is 84.9 Å². The largest absolute Gasteiger partial charge is 0.495 e. The second-order valence-corrected chi connectivity index (χ2v) is 9.49. The second kappa shape index (κ2) is 9.62. The number of carbonyl (C=O) groups excluding carboxylic acids is 1. The standard InChI is InChI=1S/C20H24N2O5S2/c1-15-3-6-17(7-4-15)28-14-20(23)21-16-5-8-18(26-2)19(13-16)29(24,25)22-9-11-27-12-10-22/h3-8,13H,9-12,14H2,1-2H3,(H,21,23). The zero-order chi connectivity index (χ0) is 20.9. The van der Waals surface area contributed by atoms with E-state index < -0.39 is 10.0 Å². The fourth-order valence-corrected chi connectivity index (χ4v) is 5.15. The van der Waals surface area contributed by atoms with E-state index in [9.17, 15) is 13.2 Å². The van der Waals surface area contributed by atoms with Gasteiger partial charge in [-0.15, -0.1) is 11.8 Å². The number of hydrogen-bond donors (Lipinski definition) is 1. The number of amides is 1. The summed E-state index contributed by atoms with van der Waals surface area (Å²) < 4.78 is 37.9. The summed E-state index contributed by atoms with van der Waals surface area (Å²) in [5.41, 5.74) is 1.57. The van der Waals surface area contributed by atoms with Gasteiger partial charge in [-0.3, -0.25) is 4.79 Å². The van der Waals surface area contributed by atoms with Crippen molar-refractivity contribution in [1.82, 2.24) is 4.31 Å². The van der Waals surface area contributed by atoms with E-state index in [1.807, 2.05) is 31.2 Å². The molecule has 0 saturated carbocycles. The number of aryl methyl sites for hydroxylation is 1. The van der Waals surface area contributed by atoms with Gasteiger partial charge in [0.25, 0.3) is 0 Å². The molecule has 1 fully saturated rings. The molecule has 0 bridgehead atoms. The zero-order valence-electron chi connectivity index (χ0n) is 16.4. The molecule has 0 atom stereocenters. The molecular formula is C20H24N2O5S2. The lowest BCUT2D eigenvalue weighted by molar-refractivity contribution is -0.113. The number of methoxy groups -OCH3 is 1. The van der Waals surface area contributed by atoms with Crippen molar-refractivity contribution in [3.8, 4) is 5.75 Å². The van der Waals surface area contributed by atoms with Crippen LogP contribution in [-0.4, -0.2) is 57.8 Å². The summed E-state index contributed by atoms with van der Waals surface area (Å²) >= 11 is 1.42. The number of benzene rings is 2. The molecule has 0 unspecified atom stereocenters. The predicted molar refractivity (Wildman–Crippen MR) is 113 cm³/mol. The van der Waals surface area contributed by atoms with Gasteiger partial charge in [-0.25, -0.2) is 8.42 Å². The highest BCUT2D eigenvalue weighted by atomic mass is 32.2. The molecule has 2 aromatic rings. The normalized spacial score (nSPS) is 15.1. The molecule has 0 radical (unpaired) electrons. The lowest BCUT2D eigenvalue weighted by Gasteiger charge is -2.26. The SMILES string of the molecule is COc1ccc(NC(=O)CSc2ccc(C)cc2)cc1S(=O)(=O)N1CCOCC1. The molecule has 156 valence electrons. The molecule has 7 nitrogen and oxygen atoms in total. The van der Waals surface area contributed by atoms with E-state index in [4.69, 9.17) is 9.47 Å². The van der Waals surface area contributed by atoms with Gasteiger partial charge in [0.2, 0.25) is 15.9 Å². The molecule has 3 rings (SSSR count). The smallest absolute Gasteiger partial charge is 0.246 e. The van der Waals surface area contributed by atoms with Crippen LogP contribution >= 0.6 is 11.8 Å². The van der Waals surface area contributed by atoms with Crippen LogP contribution in [0.25, 0.3) is 0 Å². The van der Waals surface area contributed by atoms with Crippen LogP contribution in [0.1, 0.15) is 5.56 Å². The summed E-state index contributed by atoms with van der Waals surface area (Å²) in [6.45, 7) is 3.29. The number of hydrogen-bond acceptors (Lipinski definition) is 6. The van der Waals surface area contributed by atoms with Gasteiger partial charge < -0.3 is 14.8 Å². The molecule has 0 aliphatic carbocycles. The number of thioether (sulfide) groups is 1. The molecule has 29 heavy (non-hydrogen) atoms. The van der Waals surface area contributed by atoms with Gasteiger partial charge in [-0.2, -0.15) is 4.31 Å². The Morgan fingerprint density at radius 3 is 2.52 bits per heavy atom. The number of nitrogens with one attached hydrogen (secondary N) is 1. The van der Waals surface area contributed by atoms with E-state index in [2.05, 4.69) is 5.32 Å². The van der Waals surface area contributed by atoms with Gasteiger partial charge in [0, 0.05) is 23.7 Å². The maximum atomic E-state index is 13.0. The molecule has 2 aromatic carbocycles. The van der Waals surface area contributed by atoms with E-state index in [0.29, 0.717) is 18.9 Å². The number of ether oxygens (including phenoxy) is 2. The van der Waals surface area contributed by atoms with E-state index in [0.717, 1.165) is 10.5 Å². The summed E-state index contributed by atoms with van der Waals surface area (Å²) in [7, 11) is -2.33. The molecule has 0 spiro atoms. The Hall–Kier alpha value is -2.07. The number of morpholine rings is 1. The highest BCUT2D eigenvalue weighted by molar-refractivity contribution is 8.00. The van der Waals surface area contributed by atoms with Gasteiger partial charge >= 0.3 is 0 Å². The average molecular weight is 437 g/mol. The summed E-state index contributed by atoms with van der Waals surface area (Å²) in [4.78, 5) is 13.4. The van der Waals surface area contributed by atoms with Crippen molar-refractivity contribution >= 4 is 33.4 Å². The lowest BCUT2D eigenvalue weighted by atomic mass is 10.2. The summed E-state index contributed by atoms with van der Waals surface area (Å²) in [5, 5.41) is 2.77. The lowest BCUT2D eigenvalue weighted by Crippen LogP contribution is -2.40. The molecule has 1 amide bonds. The number of nitrogens with zero attached hydrogens (tertiary/aromatic N) is 1. The number of carbonyl (C=O) groups is 1. The Labute approximate surface area is 175 Å². The molecule has 1 aliphatic rings. The third-order valence-electron chi connectivity index (χ3n) is 4.43. The molecule has 1 N–H and O–H groups in total. The van der Waals surface area contributed by atoms with Crippen molar-refractivity contribution < 1.29 is 22.7 Å². The van der Waals surface area contributed by atoms with E-state index in [1.165, 1.54) is 29.2 Å². The first-order valence-electron chi connectivity index (χ1n) is 9.15. The van der Waals surface area contributed by atoms with Crippen LogP contribution in [0.5, 0.6) is 5.75 Å². The molecule has 0 aromatic heterocycles.